The van der Waals surface area contributed by atoms with Crippen LogP contribution in [-0.2, 0) is 4.79 Å². The molecule has 0 bridgehead atoms. The standard InChI is InChI=1S/C18H21F3N6O/c19-18(20,21)9-23-14(28)6-3-11-1-4-12(5-2-11)15-16-13-7-8-22-17(13)24-10-27(16)26-25-15/h7-8,10-12,22H,1-6,9H2,(H,23,28). The van der Waals surface area contributed by atoms with E-state index in [4.69, 9.17) is 0 Å². The maximum Gasteiger partial charge on any atom is 0.405 e. The van der Waals surface area contributed by atoms with Crippen molar-refractivity contribution in [2.24, 2.45) is 5.92 Å². The molecule has 0 spiro atoms. The third-order valence-electron chi connectivity index (χ3n) is 5.50. The Morgan fingerprint density at radius 3 is 2.82 bits per heavy atom. The van der Waals surface area contributed by atoms with E-state index in [0.717, 1.165) is 47.9 Å². The van der Waals surface area contributed by atoms with Gasteiger partial charge in [-0.3, -0.25) is 4.79 Å². The van der Waals surface area contributed by atoms with Gasteiger partial charge in [-0.05, 0) is 44.1 Å². The zero-order valence-electron chi connectivity index (χ0n) is 15.2. The van der Waals surface area contributed by atoms with Crippen LogP contribution in [0.4, 0.5) is 13.2 Å². The maximum absolute atomic E-state index is 12.1. The van der Waals surface area contributed by atoms with E-state index in [1.807, 2.05) is 17.6 Å². The van der Waals surface area contributed by atoms with Crippen LogP contribution in [0, 0.1) is 5.92 Å². The lowest BCUT2D eigenvalue weighted by atomic mass is 9.78. The number of rotatable bonds is 5. The van der Waals surface area contributed by atoms with Crippen molar-refractivity contribution in [1.82, 2.24) is 30.1 Å². The molecular weight excluding hydrogens is 373 g/mol. The van der Waals surface area contributed by atoms with Gasteiger partial charge in [0.2, 0.25) is 5.91 Å². The summed E-state index contributed by atoms with van der Waals surface area (Å²) in [5.41, 5.74) is 2.74. The number of nitrogens with zero attached hydrogens (tertiary/aromatic N) is 4. The van der Waals surface area contributed by atoms with Crippen LogP contribution in [0.15, 0.2) is 18.6 Å². The number of carbonyl (C=O) groups excluding carboxylic acids is 1. The highest BCUT2D eigenvalue weighted by molar-refractivity contribution is 5.92. The fraction of sp³-hybridized carbons (Fsp3) is 0.556. The summed E-state index contributed by atoms with van der Waals surface area (Å²) in [5.74, 6) is 0.100. The topological polar surface area (TPSA) is 88.0 Å². The van der Waals surface area contributed by atoms with Crippen LogP contribution < -0.4 is 5.32 Å². The average molecular weight is 394 g/mol. The van der Waals surface area contributed by atoms with Crippen LogP contribution in [0.1, 0.15) is 50.1 Å². The fourth-order valence-electron chi connectivity index (χ4n) is 4.04. The van der Waals surface area contributed by atoms with Crippen LogP contribution in [0.5, 0.6) is 0 Å². The molecule has 1 fully saturated rings. The van der Waals surface area contributed by atoms with Gasteiger partial charge in [-0.25, -0.2) is 9.50 Å². The third kappa shape index (κ3) is 3.95. The predicted molar refractivity (Wildman–Crippen MR) is 95.6 cm³/mol. The average Bonchev–Trinajstić information content (AvgIpc) is 3.30. The van der Waals surface area contributed by atoms with Crippen molar-refractivity contribution in [2.75, 3.05) is 6.54 Å². The van der Waals surface area contributed by atoms with Crippen LogP contribution in [0.25, 0.3) is 16.6 Å². The number of hydrogen-bond donors (Lipinski definition) is 2. The SMILES string of the molecule is O=C(CCC1CCC(c2nnn3cnc4[nH]ccc4c23)CC1)NCC(F)(F)F. The Balaban J connectivity index is 1.34. The minimum absolute atomic E-state index is 0.135. The van der Waals surface area contributed by atoms with Gasteiger partial charge in [-0.15, -0.1) is 5.10 Å². The number of alkyl halides is 3. The van der Waals surface area contributed by atoms with Gasteiger partial charge in [0, 0.05) is 23.9 Å². The molecule has 0 unspecified atom stereocenters. The molecule has 3 aromatic rings. The van der Waals surface area contributed by atoms with Gasteiger partial charge in [0.1, 0.15) is 24.0 Å². The molecule has 1 saturated carbocycles. The summed E-state index contributed by atoms with van der Waals surface area (Å²) in [5, 5.41) is 11.5. The maximum atomic E-state index is 12.1. The first kappa shape index (κ1) is 18.7. The smallest absolute Gasteiger partial charge is 0.347 e. The van der Waals surface area contributed by atoms with Gasteiger partial charge in [0.25, 0.3) is 0 Å². The van der Waals surface area contributed by atoms with E-state index < -0.39 is 18.6 Å². The Morgan fingerprint density at radius 1 is 1.29 bits per heavy atom. The Hall–Kier alpha value is -2.65. The highest BCUT2D eigenvalue weighted by atomic mass is 19.4. The van der Waals surface area contributed by atoms with Gasteiger partial charge >= 0.3 is 6.18 Å². The van der Waals surface area contributed by atoms with Crippen LogP contribution >= 0.6 is 0 Å². The van der Waals surface area contributed by atoms with Crippen LogP contribution in [0.3, 0.4) is 0 Å². The molecule has 1 amide bonds. The van der Waals surface area contributed by atoms with Crippen molar-refractivity contribution in [3.63, 3.8) is 0 Å². The molecule has 7 nitrogen and oxygen atoms in total. The molecule has 3 heterocycles. The number of H-pyrrole nitrogens is 1. The lowest BCUT2D eigenvalue weighted by Gasteiger charge is -2.27. The molecule has 3 aromatic heterocycles. The van der Waals surface area contributed by atoms with Gasteiger partial charge in [-0.2, -0.15) is 13.2 Å². The van der Waals surface area contributed by atoms with E-state index in [1.54, 1.807) is 10.8 Å². The van der Waals surface area contributed by atoms with Crippen molar-refractivity contribution >= 4 is 22.5 Å². The number of carbonyl (C=O) groups is 1. The minimum Gasteiger partial charge on any atom is -0.347 e. The van der Waals surface area contributed by atoms with Crippen molar-refractivity contribution in [2.45, 2.75) is 50.6 Å². The Morgan fingerprint density at radius 2 is 2.07 bits per heavy atom. The number of fused-ring (bicyclic) bond motifs is 3. The number of hydrogen-bond acceptors (Lipinski definition) is 4. The largest absolute Gasteiger partial charge is 0.405 e. The lowest BCUT2D eigenvalue weighted by Crippen LogP contribution is -2.33. The molecule has 150 valence electrons. The molecule has 4 rings (SSSR count). The van der Waals surface area contributed by atoms with Crippen molar-refractivity contribution in [3.05, 3.63) is 24.3 Å². The summed E-state index contributed by atoms with van der Waals surface area (Å²) >= 11 is 0. The second kappa shape index (κ2) is 7.40. The molecule has 10 heteroatoms. The van der Waals surface area contributed by atoms with Gasteiger partial charge in [-0.1, -0.05) is 5.21 Å². The fourth-order valence-corrected chi connectivity index (χ4v) is 4.04. The number of nitrogens with one attached hydrogen (secondary N) is 2. The van der Waals surface area contributed by atoms with Crippen LogP contribution in [-0.4, -0.2) is 43.4 Å². The molecule has 0 aliphatic heterocycles. The molecule has 0 saturated heterocycles. The Bertz CT molecular complexity index is 971. The molecule has 0 aromatic carbocycles. The molecule has 2 N–H and O–H groups in total. The second-order valence-corrected chi connectivity index (χ2v) is 7.40. The Kier molecular flexibility index (Phi) is 4.94. The zero-order valence-corrected chi connectivity index (χ0v) is 15.2. The second-order valence-electron chi connectivity index (χ2n) is 7.40. The normalized spacial score (nSPS) is 20.7. The van der Waals surface area contributed by atoms with Gasteiger partial charge in [0.05, 0.1) is 5.69 Å². The molecule has 28 heavy (non-hydrogen) atoms. The highest BCUT2D eigenvalue weighted by Gasteiger charge is 2.29. The van der Waals surface area contributed by atoms with Crippen molar-refractivity contribution in [1.29, 1.82) is 0 Å². The first-order valence-corrected chi connectivity index (χ1v) is 9.41. The molecule has 0 radical (unpaired) electrons. The van der Waals surface area contributed by atoms with Crippen LogP contribution in [0.2, 0.25) is 0 Å². The van der Waals surface area contributed by atoms with E-state index in [-0.39, 0.29) is 12.3 Å². The third-order valence-corrected chi connectivity index (χ3v) is 5.50. The number of aromatic amines is 1. The molecular formula is C18H21F3N6O. The zero-order chi connectivity index (χ0) is 19.7. The summed E-state index contributed by atoms with van der Waals surface area (Å²) in [4.78, 5) is 19.0. The van der Waals surface area contributed by atoms with Gasteiger partial charge < -0.3 is 10.3 Å². The Labute approximate surface area is 158 Å². The predicted octanol–water partition coefficient (Wildman–Crippen LogP) is 3.34. The van der Waals surface area contributed by atoms with Gasteiger partial charge in [0.15, 0.2) is 0 Å². The molecule has 1 aliphatic rings. The highest BCUT2D eigenvalue weighted by Crippen LogP contribution is 2.39. The monoisotopic (exact) mass is 394 g/mol. The summed E-state index contributed by atoms with van der Waals surface area (Å²) < 4.78 is 38.1. The van der Waals surface area contributed by atoms with E-state index in [1.165, 1.54) is 0 Å². The van der Waals surface area contributed by atoms with E-state index in [2.05, 4.69) is 20.3 Å². The number of halogens is 3. The van der Waals surface area contributed by atoms with Crippen molar-refractivity contribution < 1.29 is 18.0 Å². The van der Waals surface area contributed by atoms with E-state index >= 15 is 0 Å². The number of amides is 1. The summed E-state index contributed by atoms with van der Waals surface area (Å²) in [6.07, 6.45) is 3.59. The number of aromatic nitrogens is 5. The minimum atomic E-state index is -4.37. The molecule has 1 aliphatic carbocycles. The quantitative estimate of drug-likeness (QED) is 0.695. The molecule has 0 atom stereocenters. The summed E-state index contributed by atoms with van der Waals surface area (Å²) in [7, 11) is 0. The first-order chi connectivity index (χ1) is 13.4. The van der Waals surface area contributed by atoms with E-state index in [0.29, 0.717) is 12.3 Å². The lowest BCUT2D eigenvalue weighted by molar-refractivity contribution is -0.138. The van der Waals surface area contributed by atoms with Crippen molar-refractivity contribution in [3.8, 4) is 0 Å². The summed E-state index contributed by atoms with van der Waals surface area (Å²) in [6.45, 7) is -1.26. The van der Waals surface area contributed by atoms with E-state index in [9.17, 15) is 18.0 Å². The summed E-state index contributed by atoms with van der Waals surface area (Å²) in [6, 6.07) is 1.97. The first-order valence-electron chi connectivity index (χ1n) is 9.41.